The van der Waals surface area contributed by atoms with Gasteiger partial charge in [0.05, 0.1) is 32.0 Å². The highest BCUT2D eigenvalue weighted by Crippen LogP contribution is 2.21. The fourth-order valence-electron chi connectivity index (χ4n) is 3.38. The Hall–Kier alpha value is -5.06. The highest BCUT2D eigenvalue weighted by atomic mass is 16.6. The number of carboxylic acids is 1. The van der Waals surface area contributed by atoms with Gasteiger partial charge in [-0.3, -0.25) is 4.79 Å². The van der Waals surface area contributed by atoms with Gasteiger partial charge in [0, 0.05) is 5.69 Å². The topological polar surface area (TPSA) is 147 Å². The number of methoxy groups -OCH3 is 2. The molecular weight excluding hydrogens is 510 g/mol. The lowest BCUT2D eigenvalue weighted by molar-refractivity contribution is -0.157. The molecule has 0 bridgehead atoms. The predicted molar refractivity (Wildman–Crippen MR) is 138 cm³/mol. The third-order valence-corrected chi connectivity index (χ3v) is 5.29. The molecule has 0 unspecified atom stereocenters. The number of amides is 1. The summed E-state index contributed by atoms with van der Waals surface area (Å²) in [5.41, 5.74) is 0.205. The van der Waals surface area contributed by atoms with E-state index in [2.05, 4.69) is 5.32 Å². The number of anilines is 1. The molecule has 1 amide bonds. The maximum absolute atomic E-state index is 13.3. The maximum Gasteiger partial charge on any atom is 0.349 e. The minimum Gasteiger partial charge on any atom is -0.497 e. The Kier molecular flexibility index (Phi) is 9.85. The summed E-state index contributed by atoms with van der Waals surface area (Å²) >= 11 is 0. The summed E-state index contributed by atoms with van der Waals surface area (Å²) in [5, 5.41) is 12.4. The zero-order chi connectivity index (χ0) is 28.4. The SMILES string of the molecule is CCOc1ccc(NC(=O)[C@H](OC(=O)c2cccc(OC)c2)[C@H](OC(=O)c2cccc(OC)c2)C(=O)O)cc1. The first kappa shape index (κ1) is 28.5. The zero-order valence-electron chi connectivity index (χ0n) is 21.4. The Morgan fingerprint density at radius 2 is 1.26 bits per heavy atom. The van der Waals surface area contributed by atoms with Crippen LogP contribution in [0.15, 0.2) is 72.8 Å². The molecule has 0 heterocycles. The van der Waals surface area contributed by atoms with Gasteiger partial charge in [-0.05, 0) is 67.6 Å². The normalized spacial score (nSPS) is 11.9. The van der Waals surface area contributed by atoms with Crippen LogP contribution in [-0.2, 0) is 19.1 Å². The molecule has 0 radical (unpaired) electrons. The van der Waals surface area contributed by atoms with Crippen LogP contribution >= 0.6 is 0 Å². The number of carboxylic acid groups (broad SMARTS) is 1. The molecule has 39 heavy (non-hydrogen) atoms. The fraction of sp³-hybridized carbons (Fsp3) is 0.214. The van der Waals surface area contributed by atoms with Gasteiger partial charge in [-0.2, -0.15) is 0 Å². The largest absolute Gasteiger partial charge is 0.497 e. The summed E-state index contributed by atoms with van der Waals surface area (Å²) in [6.45, 7) is 2.25. The Morgan fingerprint density at radius 1 is 0.744 bits per heavy atom. The molecule has 2 N–H and O–H groups in total. The van der Waals surface area contributed by atoms with Crippen LogP contribution in [0.3, 0.4) is 0 Å². The quantitative estimate of drug-likeness (QED) is 0.329. The number of ether oxygens (including phenoxy) is 5. The molecule has 0 spiro atoms. The zero-order valence-corrected chi connectivity index (χ0v) is 21.4. The molecule has 0 aliphatic heterocycles. The van der Waals surface area contributed by atoms with Crippen molar-refractivity contribution >= 4 is 29.5 Å². The van der Waals surface area contributed by atoms with Gasteiger partial charge in [0.1, 0.15) is 17.2 Å². The van der Waals surface area contributed by atoms with Crippen molar-refractivity contribution in [2.45, 2.75) is 19.1 Å². The van der Waals surface area contributed by atoms with Crippen LogP contribution in [0.2, 0.25) is 0 Å². The molecule has 11 heteroatoms. The molecule has 0 fully saturated rings. The van der Waals surface area contributed by atoms with Gasteiger partial charge < -0.3 is 34.1 Å². The van der Waals surface area contributed by atoms with Crippen LogP contribution in [0.5, 0.6) is 17.2 Å². The third kappa shape index (κ3) is 7.71. The molecule has 3 aromatic carbocycles. The molecule has 0 saturated carbocycles. The monoisotopic (exact) mass is 537 g/mol. The average molecular weight is 538 g/mol. The fourth-order valence-corrected chi connectivity index (χ4v) is 3.38. The molecule has 0 saturated heterocycles. The van der Waals surface area contributed by atoms with Crippen LogP contribution in [0.25, 0.3) is 0 Å². The third-order valence-electron chi connectivity index (χ3n) is 5.29. The molecule has 0 aliphatic rings. The molecule has 11 nitrogen and oxygen atoms in total. The van der Waals surface area contributed by atoms with Crippen LogP contribution in [0.4, 0.5) is 5.69 Å². The van der Waals surface area contributed by atoms with E-state index in [-0.39, 0.29) is 16.8 Å². The Balaban J connectivity index is 1.91. The second kappa shape index (κ2) is 13.5. The van der Waals surface area contributed by atoms with Gasteiger partial charge in [-0.1, -0.05) is 12.1 Å². The number of hydrogen-bond acceptors (Lipinski definition) is 9. The van der Waals surface area contributed by atoms with E-state index in [0.29, 0.717) is 23.9 Å². The van der Waals surface area contributed by atoms with E-state index in [1.807, 2.05) is 6.92 Å². The molecule has 3 rings (SSSR count). The van der Waals surface area contributed by atoms with Crippen LogP contribution in [0, 0.1) is 0 Å². The van der Waals surface area contributed by atoms with Crippen LogP contribution < -0.4 is 19.5 Å². The number of carbonyl (C=O) groups is 4. The summed E-state index contributed by atoms with van der Waals surface area (Å²) < 4.78 is 26.0. The van der Waals surface area contributed by atoms with Crippen LogP contribution in [-0.4, -0.2) is 62.0 Å². The highest BCUT2D eigenvalue weighted by molar-refractivity contribution is 6.01. The molecular formula is C28H27NO10. The van der Waals surface area contributed by atoms with Gasteiger partial charge in [0.2, 0.25) is 12.2 Å². The lowest BCUT2D eigenvalue weighted by Crippen LogP contribution is -2.48. The summed E-state index contributed by atoms with van der Waals surface area (Å²) in [6, 6.07) is 17.8. The Bertz CT molecular complexity index is 1320. The molecule has 3 aromatic rings. The summed E-state index contributed by atoms with van der Waals surface area (Å²) in [5.74, 6) is -3.66. The van der Waals surface area contributed by atoms with Crippen LogP contribution in [0.1, 0.15) is 27.6 Å². The maximum atomic E-state index is 13.3. The van der Waals surface area contributed by atoms with Crippen molar-refractivity contribution in [2.75, 3.05) is 26.1 Å². The second-order valence-corrected chi connectivity index (χ2v) is 7.90. The van der Waals surface area contributed by atoms with Gasteiger partial charge in [-0.25, -0.2) is 14.4 Å². The van der Waals surface area contributed by atoms with Gasteiger partial charge in [-0.15, -0.1) is 0 Å². The van der Waals surface area contributed by atoms with Crippen molar-refractivity contribution in [3.63, 3.8) is 0 Å². The van der Waals surface area contributed by atoms with Crippen molar-refractivity contribution in [1.29, 1.82) is 0 Å². The van der Waals surface area contributed by atoms with Crippen molar-refractivity contribution in [2.24, 2.45) is 0 Å². The molecule has 0 aliphatic carbocycles. The van der Waals surface area contributed by atoms with E-state index in [9.17, 15) is 24.3 Å². The van der Waals surface area contributed by atoms with E-state index in [1.54, 1.807) is 24.3 Å². The van der Waals surface area contributed by atoms with Crippen molar-refractivity contribution in [1.82, 2.24) is 0 Å². The predicted octanol–water partition coefficient (Wildman–Crippen LogP) is 3.58. The number of esters is 2. The highest BCUT2D eigenvalue weighted by Gasteiger charge is 2.41. The number of aliphatic carboxylic acids is 1. The average Bonchev–Trinajstić information content (AvgIpc) is 2.95. The summed E-state index contributed by atoms with van der Waals surface area (Å²) in [4.78, 5) is 51.2. The number of benzene rings is 3. The minimum atomic E-state index is -2.19. The lowest BCUT2D eigenvalue weighted by Gasteiger charge is -2.23. The molecule has 2 atom stereocenters. The van der Waals surface area contributed by atoms with Gasteiger partial charge in [0.15, 0.2) is 0 Å². The number of rotatable bonds is 12. The number of nitrogens with one attached hydrogen (secondary N) is 1. The summed E-state index contributed by atoms with van der Waals surface area (Å²) in [7, 11) is 2.79. The van der Waals surface area contributed by atoms with Crippen molar-refractivity contribution in [3.05, 3.63) is 83.9 Å². The second-order valence-electron chi connectivity index (χ2n) is 7.90. The smallest absolute Gasteiger partial charge is 0.349 e. The lowest BCUT2D eigenvalue weighted by atomic mass is 10.1. The Morgan fingerprint density at radius 3 is 1.72 bits per heavy atom. The van der Waals surface area contributed by atoms with Crippen molar-refractivity contribution in [3.8, 4) is 17.2 Å². The van der Waals surface area contributed by atoms with E-state index in [1.165, 1.54) is 62.8 Å². The first-order valence-electron chi connectivity index (χ1n) is 11.7. The number of carbonyl (C=O) groups excluding carboxylic acids is 3. The first-order chi connectivity index (χ1) is 18.7. The molecule has 204 valence electrons. The van der Waals surface area contributed by atoms with Crippen molar-refractivity contribution < 1.29 is 48.0 Å². The first-order valence-corrected chi connectivity index (χ1v) is 11.7. The van der Waals surface area contributed by atoms with Gasteiger partial charge in [0.25, 0.3) is 5.91 Å². The van der Waals surface area contributed by atoms with E-state index in [0.717, 1.165) is 0 Å². The molecule has 0 aromatic heterocycles. The van der Waals surface area contributed by atoms with E-state index in [4.69, 9.17) is 23.7 Å². The van der Waals surface area contributed by atoms with Gasteiger partial charge >= 0.3 is 17.9 Å². The van der Waals surface area contributed by atoms with E-state index >= 15 is 0 Å². The van der Waals surface area contributed by atoms with E-state index < -0.39 is 36.0 Å². The standard InChI is InChI=1S/C28H27NO10/c1-4-37-20-13-11-19(12-14-20)29-25(30)23(38-27(33)17-7-5-9-21(15-17)35-2)24(26(31)32)39-28(34)18-8-6-10-22(16-18)36-3/h5-16,23-24H,4H2,1-3H3,(H,29,30)(H,31,32)/t23-,24+/m1/s1. The number of hydrogen-bond donors (Lipinski definition) is 2. The Labute approximate surface area is 224 Å². The minimum absolute atomic E-state index is 0.0171. The summed E-state index contributed by atoms with van der Waals surface area (Å²) in [6.07, 6.45) is -4.26.